The first-order valence-corrected chi connectivity index (χ1v) is 9.74. The average Bonchev–Trinajstić information content (AvgIpc) is 3.03. The van der Waals surface area contributed by atoms with Gasteiger partial charge in [-0.3, -0.25) is 9.59 Å². The van der Waals surface area contributed by atoms with Crippen molar-refractivity contribution in [3.8, 4) is 0 Å². The Labute approximate surface area is 164 Å². The maximum atomic E-state index is 13.7. The van der Waals surface area contributed by atoms with Gasteiger partial charge in [0.05, 0.1) is 5.41 Å². The third kappa shape index (κ3) is 2.36. The number of carbonyl (C=O) groups excluding carboxylic acids is 2. The molecule has 5 rings (SSSR count). The molecule has 0 unspecified atom stereocenters. The lowest BCUT2D eigenvalue weighted by Crippen LogP contribution is -2.50. The Morgan fingerprint density at radius 3 is 1.75 bits per heavy atom. The van der Waals surface area contributed by atoms with Crippen molar-refractivity contribution in [2.75, 3.05) is 5.32 Å². The first-order valence-electron chi connectivity index (χ1n) is 9.74. The van der Waals surface area contributed by atoms with Crippen molar-refractivity contribution in [2.45, 2.75) is 30.1 Å². The summed E-state index contributed by atoms with van der Waals surface area (Å²) in [6.07, 6.45) is 0.768. The molecule has 1 aliphatic heterocycles. The van der Waals surface area contributed by atoms with Crippen molar-refractivity contribution < 1.29 is 9.59 Å². The van der Waals surface area contributed by atoms with Crippen LogP contribution >= 0.6 is 0 Å². The van der Waals surface area contributed by atoms with E-state index in [1.54, 1.807) is 0 Å². The zero-order valence-electron chi connectivity index (χ0n) is 15.5. The molecule has 0 aromatic heterocycles. The third-order valence-corrected chi connectivity index (χ3v) is 6.36. The predicted molar refractivity (Wildman–Crippen MR) is 109 cm³/mol. The Morgan fingerprint density at radius 1 is 0.679 bits per heavy atom. The van der Waals surface area contributed by atoms with E-state index >= 15 is 0 Å². The molecule has 3 aromatic rings. The van der Waals surface area contributed by atoms with Gasteiger partial charge in [-0.15, -0.1) is 0 Å². The van der Waals surface area contributed by atoms with Gasteiger partial charge in [0.2, 0.25) is 5.91 Å². The molecule has 1 heterocycles. The Morgan fingerprint density at radius 2 is 1.18 bits per heavy atom. The van der Waals surface area contributed by atoms with Crippen LogP contribution in [0.3, 0.4) is 0 Å². The molecular formula is C25H21NO2. The molecule has 1 fully saturated rings. The molecule has 1 amide bonds. The van der Waals surface area contributed by atoms with Crippen molar-refractivity contribution in [1.29, 1.82) is 0 Å². The number of benzene rings is 3. The molecule has 0 saturated heterocycles. The second kappa shape index (κ2) is 6.45. The molecule has 3 aromatic carbocycles. The van der Waals surface area contributed by atoms with E-state index in [2.05, 4.69) is 11.4 Å². The molecule has 0 bridgehead atoms. The van der Waals surface area contributed by atoms with Crippen LogP contribution in [0.5, 0.6) is 0 Å². The smallest absolute Gasteiger partial charge is 0.236 e. The Hall–Kier alpha value is -3.20. The number of para-hydroxylation sites is 1. The normalized spacial score (nSPS) is 22.7. The van der Waals surface area contributed by atoms with Crippen LogP contribution in [0.4, 0.5) is 5.69 Å². The van der Waals surface area contributed by atoms with Crippen LogP contribution in [0.1, 0.15) is 41.4 Å². The fourth-order valence-corrected chi connectivity index (χ4v) is 5.23. The zero-order valence-corrected chi connectivity index (χ0v) is 15.5. The number of hydrogen-bond acceptors (Lipinski definition) is 2. The molecule has 3 nitrogen and oxygen atoms in total. The Bertz CT molecular complexity index is 991. The highest BCUT2D eigenvalue weighted by molar-refractivity contribution is 6.09. The molecule has 1 aliphatic carbocycles. The third-order valence-electron chi connectivity index (χ3n) is 6.36. The summed E-state index contributed by atoms with van der Waals surface area (Å²) in [6.45, 7) is 0. The topological polar surface area (TPSA) is 46.2 Å². The van der Waals surface area contributed by atoms with Crippen LogP contribution in [0.2, 0.25) is 0 Å². The highest BCUT2D eigenvalue weighted by atomic mass is 16.2. The van der Waals surface area contributed by atoms with E-state index in [0.717, 1.165) is 22.4 Å². The molecule has 1 saturated carbocycles. The predicted octanol–water partition coefficient (Wildman–Crippen LogP) is 4.81. The summed E-state index contributed by atoms with van der Waals surface area (Å²) in [4.78, 5) is 26.5. The molecule has 0 radical (unpaired) electrons. The minimum Gasteiger partial charge on any atom is -0.325 e. The van der Waals surface area contributed by atoms with E-state index in [9.17, 15) is 9.59 Å². The van der Waals surface area contributed by atoms with Crippen molar-refractivity contribution in [3.05, 3.63) is 102 Å². The Balaban J connectivity index is 1.80. The van der Waals surface area contributed by atoms with E-state index in [-0.39, 0.29) is 23.5 Å². The largest absolute Gasteiger partial charge is 0.325 e. The maximum Gasteiger partial charge on any atom is 0.236 e. The van der Waals surface area contributed by atoms with Gasteiger partial charge in [-0.1, -0.05) is 78.9 Å². The molecule has 2 aliphatic rings. The van der Waals surface area contributed by atoms with Crippen molar-refractivity contribution >= 4 is 17.4 Å². The summed E-state index contributed by atoms with van der Waals surface area (Å²) in [7, 11) is 0. The number of amides is 1. The van der Waals surface area contributed by atoms with Crippen molar-refractivity contribution in [2.24, 2.45) is 0 Å². The van der Waals surface area contributed by atoms with E-state index in [4.69, 9.17) is 0 Å². The summed E-state index contributed by atoms with van der Waals surface area (Å²) in [5, 5.41) is 3.12. The highest BCUT2D eigenvalue weighted by Gasteiger charge is 2.60. The van der Waals surface area contributed by atoms with E-state index in [0.29, 0.717) is 12.8 Å². The number of carbonyl (C=O) groups is 2. The number of hydrogen-bond donors (Lipinski definition) is 1. The molecular weight excluding hydrogens is 346 g/mol. The molecule has 138 valence electrons. The van der Waals surface area contributed by atoms with Gasteiger partial charge in [-0.25, -0.2) is 0 Å². The average molecular weight is 367 g/mol. The number of anilines is 1. The Kier molecular flexibility index (Phi) is 3.90. The molecule has 28 heavy (non-hydrogen) atoms. The van der Waals surface area contributed by atoms with E-state index in [1.807, 2.05) is 78.9 Å². The lowest BCUT2D eigenvalue weighted by molar-refractivity contribution is -0.128. The number of ketones is 1. The summed E-state index contributed by atoms with van der Waals surface area (Å²) in [6, 6.07) is 28.0. The summed E-state index contributed by atoms with van der Waals surface area (Å²) < 4.78 is 0. The summed E-state index contributed by atoms with van der Waals surface area (Å²) in [5.74, 6) is -0.165. The second-order valence-electron chi connectivity index (χ2n) is 7.74. The van der Waals surface area contributed by atoms with Gasteiger partial charge in [0.1, 0.15) is 5.78 Å². The van der Waals surface area contributed by atoms with Crippen LogP contribution in [0.15, 0.2) is 84.9 Å². The maximum absolute atomic E-state index is 13.7. The molecule has 1 N–H and O–H groups in total. The van der Waals surface area contributed by atoms with Crippen LogP contribution < -0.4 is 5.32 Å². The van der Waals surface area contributed by atoms with Crippen molar-refractivity contribution in [1.82, 2.24) is 0 Å². The van der Waals surface area contributed by atoms with Gasteiger partial charge in [0.15, 0.2) is 0 Å². The van der Waals surface area contributed by atoms with Gasteiger partial charge >= 0.3 is 0 Å². The number of Topliss-reactive ketones (excluding diaryl/α,β-unsaturated/α-hetero) is 1. The van der Waals surface area contributed by atoms with Crippen molar-refractivity contribution in [3.63, 3.8) is 0 Å². The minimum atomic E-state index is -0.785. The fourth-order valence-electron chi connectivity index (χ4n) is 5.23. The van der Waals surface area contributed by atoms with Gasteiger partial charge < -0.3 is 5.32 Å². The van der Waals surface area contributed by atoms with Crippen LogP contribution in [0.25, 0.3) is 0 Å². The first-order chi connectivity index (χ1) is 13.7. The number of fused-ring (bicyclic) bond motifs is 2. The quantitative estimate of drug-likeness (QED) is 0.707. The van der Waals surface area contributed by atoms with E-state index in [1.165, 1.54) is 0 Å². The fraction of sp³-hybridized carbons (Fsp3) is 0.200. The first kappa shape index (κ1) is 16.9. The monoisotopic (exact) mass is 367 g/mol. The lowest BCUT2D eigenvalue weighted by Gasteiger charge is -2.46. The number of nitrogens with one attached hydrogen (secondary N) is 1. The van der Waals surface area contributed by atoms with Gasteiger partial charge in [0, 0.05) is 30.4 Å². The van der Waals surface area contributed by atoms with Crippen LogP contribution in [-0.4, -0.2) is 11.7 Å². The van der Waals surface area contributed by atoms with Gasteiger partial charge in [-0.05, 0) is 22.8 Å². The van der Waals surface area contributed by atoms with Gasteiger partial charge in [-0.2, -0.15) is 0 Å². The summed E-state index contributed by atoms with van der Waals surface area (Å²) in [5.41, 5.74) is 3.18. The zero-order chi connectivity index (χ0) is 19.1. The SMILES string of the molecule is O=C1C[C@H](c2ccccc2)C2(C(=O)Nc3ccccc32)[C@@H](c2ccccc2)C1. The molecule has 3 heteroatoms. The molecule has 2 atom stereocenters. The number of rotatable bonds is 2. The van der Waals surface area contributed by atoms with Crippen LogP contribution in [-0.2, 0) is 15.0 Å². The highest BCUT2D eigenvalue weighted by Crippen LogP contribution is 2.59. The van der Waals surface area contributed by atoms with E-state index < -0.39 is 5.41 Å². The standard InChI is InChI=1S/C25H21NO2/c27-19-15-21(17-9-3-1-4-10-17)25(22(16-19)18-11-5-2-6-12-18)20-13-7-8-14-23(20)26-24(25)28/h1-14,21-22H,15-16H2,(H,26,28)/t21-,22-/m1/s1. The van der Waals surface area contributed by atoms with Crippen LogP contribution in [0, 0.1) is 0 Å². The second-order valence-corrected chi connectivity index (χ2v) is 7.74. The minimum absolute atomic E-state index is 0.00362. The molecule has 1 spiro atoms. The lowest BCUT2D eigenvalue weighted by atomic mass is 9.54. The van der Waals surface area contributed by atoms with Gasteiger partial charge in [0.25, 0.3) is 0 Å². The summed E-state index contributed by atoms with van der Waals surface area (Å²) >= 11 is 0.